The average molecular weight is 346 g/mol. The third-order valence-corrected chi connectivity index (χ3v) is 4.62. The lowest BCUT2D eigenvalue weighted by atomic mass is 10.1. The van der Waals surface area contributed by atoms with Crippen LogP contribution in [0.1, 0.15) is 33.1 Å². The van der Waals surface area contributed by atoms with Gasteiger partial charge in [-0.2, -0.15) is 11.8 Å². The van der Waals surface area contributed by atoms with Gasteiger partial charge in [0, 0.05) is 32.5 Å². The summed E-state index contributed by atoms with van der Waals surface area (Å²) >= 11 is 1.36. The second-order valence-electron chi connectivity index (χ2n) is 5.99. The first-order valence-corrected chi connectivity index (χ1v) is 8.98. The number of imide groups is 1. The van der Waals surface area contributed by atoms with E-state index in [0.717, 1.165) is 0 Å². The molecule has 1 atom stereocenters. The summed E-state index contributed by atoms with van der Waals surface area (Å²) in [5.41, 5.74) is -0.430. The van der Waals surface area contributed by atoms with Gasteiger partial charge in [-0.05, 0) is 26.5 Å². The molecule has 1 heterocycles. The molecular weight excluding hydrogens is 320 g/mol. The highest BCUT2D eigenvalue weighted by molar-refractivity contribution is 8.00. The molecule has 0 aromatic carbocycles. The zero-order chi connectivity index (χ0) is 17.5. The molecule has 0 bridgehead atoms. The number of aliphatic hydroxyl groups is 1. The molecule has 1 aliphatic heterocycles. The van der Waals surface area contributed by atoms with Crippen LogP contribution in [-0.4, -0.2) is 71.1 Å². The Hall–Kier alpha value is -1.12. The molecule has 23 heavy (non-hydrogen) atoms. The summed E-state index contributed by atoms with van der Waals surface area (Å²) in [7, 11) is 0. The molecule has 0 aliphatic carbocycles. The van der Waals surface area contributed by atoms with E-state index in [-0.39, 0.29) is 49.0 Å². The van der Waals surface area contributed by atoms with E-state index in [0.29, 0.717) is 19.6 Å². The van der Waals surface area contributed by atoms with Crippen LogP contribution in [0.5, 0.6) is 0 Å². The number of amides is 3. The van der Waals surface area contributed by atoms with Crippen LogP contribution in [0.4, 0.5) is 0 Å². The lowest BCUT2D eigenvalue weighted by molar-refractivity contribution is -0.138. The first-order chi connectivity index (χ1) is 10.8. The Morgan fingerprint density at radius 2 is 2.17 bits per heavy atom. The number of nitrogens with zero attached hydrogens (tertiary/aromatic N) is 1. The van der Waals surface area contributed by atoms with Gasteiger partial charge in [0.15, 0.2) is 0 Å². The van der Waals surface area contributed by atoms with Crippen LogP contribution in [-0.2, 0) is 19.1 Å². The van der Waals surface area contributed by atoms with Gasteiger partial charge < -0.3 is 15.2 Å². The number of ether oxygens (including phenoxy) is 1. The number of hydrogen-bond donors (Lipinski definition) is 2. The van der Waals surface area contributed by atoms with E-state index >= 15 is 0 Å². The minimum atomic E-state index is -0.430. The van der Waals surface area contributed by atoms with Crippen LogP contribution < -0.4 is 5.32 Å². The summed E-state index contributed by atoms with van der Waals surface area (Å²) in [4.78, 5) is 36.5. The second-order valence-corrected chi connectivity index (χ2v) is 7.03. The molecule has 1 saturated heterocycles. The Bertz CT molecular complexity index is 442. The molecule has 1 unspecified atom stereocenters. The molecule has 8 heteroatoms. The van der Waals surface area contributed by atoms with Crippen molar-refractivity contribution in [2.24, 2.45) is 0 Å². The highest BCUT2D eigenvalue weighted by Gasteiger charge is 2.37. The van der Waals surface area contributed by atoms with Crippen molar-refractivity contribution in [1.29, 1.82) is 0 Å². The van der Waals surface area contributed by atoms with Crippen molar-refractivity contribution in [1.82, 2.24) is 10.2 Å². The van der Waals surface area contributed by atoms with Crippen LogP contribution in [0.2, 0.25) is 0 Å². The maximum Gasteiger partial charge on any atom is 0.242 e. The molecule has 0 spiro atoms. The fourth-order valence-corrected chi connectivity index (χ4v) is 2.87. The zero-order valence-electron chi connectivity index (χ0n) is 14.0. The second kappa shape index (κ2) is 9.24. The standard InChI is InChI=1S/C15H26N2O5S/c1-15(2,5-8-18)22-9-6-16-12(19)4-7-17-13(20)10-11(23-3)14(17)21/h11,18H,4-10H2,1-3H3,(H,16,19). The number of nitrogens with one attached hydrogen (secondary N) is 1. The van der Waals surface area contributed by atoms with Crippen molar-refractivity contribution in [3.63, 3.8) is 0 Å². The maximum absolute atomic E-state index is 11.9. The van der Waals surface area contributed by atoms with Gasteiger partial charge in [0.05, 0.1) is 17.5 Å². The molecule has 7 nitrogen and oxygen atoms in total. The molecular formula is C15H26N2O5S. The van der Waals surface area contributed by atoms with E-state index in [9.17, 15) is 14.4 Å². The topological polar surface area (TPSA) is 95.9 Å². The molecule has 1 aliphatic rings. The van der Waals surface area contributed by atoms with Gasteiger partial charge in [0.2, 0.25) is 17.7 Å². The van der Waals surface area contributed by atoms with E-state index < -0.39 is 5.60 Å². The predicted molar refractivity (Wildman–Crippen MR) is 88.0 cm³/mol. The molecule has 3 amide bonds. The lowest BCUT2D eigenvalue weighted by Gasteiger charge is -2.24. The van der Waals surface area contributed by atoms with Crippen molar-refractivity contribution in [3.8, 4) is 0 Å². The molecule has 132 valence electrons. The third-order valence-electron chi connectivity index (χ3n) is 3.68. The van der Waals surface area contributed by atoms with E-state index in [1.165, 1.54) is 16.7 Å². The summed E-state index contributed by atoms with van der Waals surface area (Å²) in [6, 6.07) is 0. The van der Waals surface area contributed by atoms with Crippen LogP contribution in [0, 0.1) is 0 Å². The normalized spacial score (nSPS) is 18.6. The number of rotatable bonds is 10. The van der Waals surface area contributed by atoms with Crippen molar-refractivity contribution in [2.45, 2.75) is 44.0 Å². The van der Waals surface area contributed by atoms with E-state index in [1.807, 2.05) is 13.8 Å². The van der Waals surface area contributed by atoms with Crippen molar-refractivity contribution in [2.75, 3.05) is 32.6 Å². The molecule has 1 rings (SSSR count). The molecule has 0 radical (unpaired) electrons. The van der Waals surface area contributed by atoms with Gasteiger partial charge in [-0.15, -0.1) is 0 Å². The number of thioether (sulfide) groups is 1. The smallest absolute Gasteiger partial charge is 0.242 e. The zero-order valence-corrected chi connectivity index (χ0v) is 14.8. The van der Waals surface area contributed by atoms with Crippen LogP contribution >= 0.6 is 11.8 Å². The number of carbonyl (C=O) groups is 3. The SMILES string of the molecule is CSC1CC(=O)N(CCC(=O)NCCOC(C)(C)CCO)C1=O. The summed E-state index contributed by atoms with van der Waals surface area (Å²) < 4.78 is 5.56. The monoisotopic (exact) mass is 346 g/mol. The number of hydrogen-bond acceptors (Lipinski definition) is 6. The predicted octanol–water partition coefficient (Wildman–Crippen LogP) is 0.161. The van der Waals surface area contributed by atoms with Gasteiger partial charge in [-0.3, -0.25) is 19.3 Å². The van der Waals surface area contributed by atoms with Gasteiger partial charge in [-0.25, -0.2) is 0 Å². The molecule has 2 N–H and O–H groups in total. The van der Waals surface area contributed by atoms with Crippen LogP contribution in [0.25, 0.3) is 0 Å². The maximum atomic E-state index is 11.9. The van der Waals surface area contributed by atoms with Crippen LogP contribution in [0.3, 0.4) is 0 Å². The van der Waals surface area contributed by atoms with Crippen LogP contribution in [0.15, 0.2) is 0 Å². The van der Waals surface area contributed by atoms with Gasteiger partial charge >= 0.3 is 0 Å². The van der Waals surface area contributed by atoms with E-state index in [2.05, 4.69) is 5.32 Å². The Labute approximate surface area is 141 Å². The average Bonchev–Trinajstić information content (AvgIpc) is 2.75. The highest BCUT2D eigenvalue weighted by atomic mass is 32.2. The quantitative estimate of drug-likeness (QED) is 0.432. The first-order valence-electron chi connectivity index (χ1n) is 7.69. The Morgan fingerprint density at radius 1 is 1.48 bits per heavy atom. The Morgan fingerprint density at radius 3 is 2.74 bits per heavy atom. The summed E-state index contributed by atoms with van der Waals surface area (Å²) in [5.74, 6) is -0.637. The van der Waals surface area contributed by atoms with Crippen molar-refractivity contribution in [3.05, 3.63) is 0 Å². The molecule has 0 saturated carbocycles. The molecule has 0 aromatic rings. The van der Waals surface area contributed by atoms with Gasteiger partial charge in [0.1, 0.15) is 0 Å². The lowest BCUT2D eigenvalue weighted by Crippen LogP contribution is -2.37. The van der Waals surface area contributed by atoms with E-state index in [1.54, 1.807) is 6.26 Å². The van der Waals surface area contributed by atoms with Crippen molar-refractivity contribution < 1.29 is 24.2 Å². The van der Waals surface area contributed by atoms with Gasteiger partial charge in [0.25, 0.3) is 0 Å². The summed E-state index contributed by atoms with van der Waals surface area (Å²) in [6.45, 7) is 4.61. The first kappa shape index (κ1) is 19.9. The van der Waals surface area contributed by atoms with E-state index in [4.69, 9.17) is 9.84 Å². The summed E-state index contributed by atoms with van der Waals surface area (Å²) in [5, 5.41) is 11.3. The minimum absolute atomic E-state index is 0.0499. The number of aliphatic hydroxyl groups excluding tert-OH is 1. The summed E-state index contributed by atoms with van der Waals surface area (Å²) in [6.07, 6.45) is 2.63. The third kappa shape index (κ3) is 6.48. The number of carbonyl (C=O) groups excluding carboxylic acids is 3. The fourth-order valence-electron chi connectivity index (χ4n) is 2.23. The fraction of sp³-hybridized carbons (Fsp3) is 0.800. The molecule has 0 aromatic heterocycles. The minimum Gasteiger partial charge on any atom is -0.396 e. The largest absolute Gasteiger partial charge is 0.396 e. The van der Waals surface area contributed by atoms with Gasteiger partial charge in [-0.1, -0.05) is 0 Å². The Balaban J connectivity index is 2.22. The molecule has 1 fully saturated rings. The Kier molecular flexibility index (Phi) is 8.01. The van der Waals surface area contributed by atoms with Crippen molar-refractivity contribution >= 4 is 29.5 Å². The number of likely N-dealkylation sites (tertiary alicyclic amines) is 1. The highest BCUT2D eigenvalue weighted by Crippen LogP contribution is 2.22.